The van der Waals surface area contributed by atoms with Crippen LogP contribution in [-0.4, -0.2) is 29.0 Å². The van der Waals surface area contributed by atoms with Gasteiger partial charge in [0, 0.05) is 6.42 Å². The average molecular weight is 176 g/mol. The maximum absolute atomic E-state index is 10.8. The number of benzene rings is 1. The van der Waals surface area contributed by atoms with Crippen LogP contribution in [0.1, 0.15) is 16.2 Å². The Kier molecular flexibility index (Phi) is 5.75. The third kappa shape index (κ3) is 3.73. The van der Waals surface area contributed by atoms with E-state index in [2.05, 4.69) is 0 Å². The second-order valence-electron chi connectivity index (χ2n) is 2.14. The zero-order valence-corrected chi connectivity index (χ0v) is 8.53. The van der Waals surface area contributed by atoms with Gasteiger partial charge in [-0.15, -0.1) is 0 Å². The van der Waals surface area contributed by atoms with Crippen molar-refractivity contribution in [3.05, 3.63) is 30.3 Å². The van der Waals surface area contributed by atoms with Crippen molar-refractivity contribution in [2.45, 2.75) is 13.3 Å². The van der Waals surface area contributed by atoms with Gasteiger partial charge in [-0.1, -0.05) is 25.1 Å². The quantitative estimate of drug-likeness (QED) is 0.391. The Morgan fingerprint density at radius 2 is 2.00 bits per heavy atom. The maximum atomic E-state index is 10.8. The molecule has 0 amide bonds. The van der Waals surface area contributed by atoms with E-state index >= 15 is 0 Å². The first-order valence-electron chi connectivity index (χ1n) is 3.58. The summed E-state index contributed by atoms with van der Waals surface area (Å²) in [5, 5.41) is 0. The molecule has 0 atom stereocenters. The molecule has 0 saturated heterocycles. The number of para-hydroxylation sites is 1. The predicted molar refractivity (Wildman–Crippen MR) is 50.3 cm³/mol. The first kappa shape index (κ1) is 11.5. The standard InChI is InChI=1S/C9H10O2.Mg.2H/c1-2-9(10)11-8-6-4-3-5-7-8;;;/h3-7H,2H2,1H3;;;/q;+2;2*-1. The fourth-order valence-electron chi connectivity index (χ4n) is 0.692. The van der Waals surface area contributed by atoms with Crippen molar-refractivity contribution in [2.75, 3.05) is 0 Å². The number of carbonyl (C=O) groups is 1. The topological polar surface area (TPSA) is 26.3 Å². The molecule has 0 aliphatic heterocycles. The van der Waals surface area contributed by atoms with E-state index in [0.29, 0.717) is 12.2 Å². The molecular weight excluding hydrogens is 164 g/mol. The molecule has 2 nitrogen and oxygen atoms in total. The largest absolute Gasteiger partial charge is 2.00 e. The van der Waals surface area contributed by atoms with Gasteiger partial charge in [0.1, 0.15) is 5.75 Å². The summed E-state index contributed by atoms with van der Waals surface area (Å²) in [5.74, 6) is 0.413. The molecule has 0 bridgehead atoms. The summed E-state index contributed by atoms with van der Waals surface area (Å²) in [6.07, 6.45) is 0.412. The van der Waals surface area contributed by atoms with Crippen LogP contribution >= 0.6 is 0 Å². The number of ether oxygens (including phenoxy) is 1. The van der Waals surface area contributed by atoms with Crippen LogP contribution in [0.4, 0.5) is 0 Å². The van der Waals surface area contributed by atoms with Crippen LogP contribution in [0.2, 0.25) is 0 Å². The normalized spacial score (nSPS) is 8.42. The molecule has 1 aromatic rings. The van der Waals surface area contributed by atoms with Crippen LogP contribution < -0.4 is 4.74 Å². The summed E-state index contributed by atoms with van der Waals surface area (Å²) in [6, 6.07) is 9.06. The molecule has 12 heavy (non-hydrogen) atoms. The monoisotopic (exact) mass is 176 g/mol. The fraction of sp³-hybridized carbons (Fsp3) is 0.222. The van der Waals surface area contributed by atoms with Gasteiger partial charge in [0.25, 0.3) is 0 Å². The van der Waals surface area contributed by atoms with Crippen LogP contribution in [0.25, 0.3) is 0 Å². The van der Waals surface area contributed by atoms with Crippen LogP contribution in [0.3, 0.4) is 0 Å². The molecular formula is C9H12MgO2. The van der Waals surface area contributed by atoms with Crippen LogP contribution in [-0.2, 0) is 4.79 Å². The van der Waals surface area contributed by atoms with Gasteiger partial charge < -0.3 is 7.59 Å². The SMILES string of the molecule is CCC(=O)Oc1ccccc1.[H-].[H-].[Mg+2]. The van der Waals surface area contributed by atoms with Gasteiger partial charge >= 0.3 is 29.0 Å². The average Bonchev–Trinajstić information content (AvgIpc) is 2.06. The number of carbonyl (C=O) groups excluding carboxylic acids is 1. The van der Waals surface area contributed by atoms with E-state index in [1.54, 1.807) is 19.1 Å². The fourth-order valence-corrected chi connectivity index (χ4v) is 0.692. The van der Waals surface area contributed by atoms with E-state index < -0.39 is 0 Å². The molecule has 0 aliphatic rings. The Hall–Kier alpha value is -0.544. The van der Waals surface area contributed by atoms with Crippen molar-refractivity contribution in [3.8, 4) is 5.75 Å². The van der Waals surface area contributed by atoms with Gasteiger partial charge in [-0.2, -0.15) is 0 Å². The molecule has 0 radical (unpaired) electrons. The summed E-state index contributed by atoms with van der Waals surface area (Å²) < 4.78 is 4.92. The number of hydrogen-bond donors (Lipinski definition) is 0. The van der Waals surface area contributed by atoms with E-state index in [1.165, 1.54) is 0 Å². The van der Waals surface area contributed by atoms with Crippen molar-refractivity contribution < 1.29 is 12.4 Å². The number of esters is 1. The smallest absolute Gasteiger partial charge is 1.00 e. The molecule has 0 heterocycles. The minimum absolute atomic E-state index is 0. The Morgan fingerprint density at radius 3 is 2.50 bits per heavy atom. The Morgan fingerprint density at radius 1 is 1.42 bits per heavy atom. The van der Waals surface area contributed by atoms with E-state index in [4.69, 9.17) is 4.74 Å². The van der Waals surface area contributed by atoms with Gasteiger partial charge in [-0.25, -0.2) is 0 Å². The molecule has 1 aromatic carbocycles. The van der Waals surface area contributed by atoms with Gasteiger partial charge in [0.15, 0.2) is 0 Å². The third-order valence-electron chi connectivity index (χ3n) is 1.26. The minimum Gasteiger partial charge on any atom is -1.00 e. The number of hydrogen-bond acceptors (Lipinski definition) is 2. The van der Waals surface area contributed by atoms with E-state index in [0.717, 1.165) is 0 Å². The first-order chi connectivity index (χ1) is 5.33. The van der Waals surface area contributed by atoms with E-state index in [9.17, 15) is 4.79 Å². The molecule has 0 N–H and O–H groups in total. The molecule has 1 rings (SSSR count). The molecule has 0 fully saturated rings. The van der Waals surface area contributed by atoms with Crippen molar-refractivity contribution in [1.82, 2.24) is 0 Å². The Balaban J connectivity index is -0.000000403. The van der Waals surface area contributed by atoms with Crippen LogP contribution in [0, 0.1) is 0 Å². The molecule has 0 unspecified atom stereocenters. The Bertz CT molecular complexity index is 242. The molecule has 3 heteroatoms. The van der Waals surface area contributed by atoms with Gasteiger partial charge in [0.05, 0.1) is 0 Å². The van der Waals surface area contributed by atoms with Gasteiger partial charge in [-0.05, 0) is 12.1 Å². The van der Waals surface area contributed by atoms with Crippen molar-refractivity contribution >= 4 is 29.0 Å². The first-order valence-corrected chi connectivity index (χ1v) is 3.58. The summed E-state index contributed by atoms with van der Waals surface area (Å²) in [7, 11) is 0. The second-order valence-corrected chi connectivity index (χ2v) is 2.14. The minimum atomic E-state index is -0.198. The second kappa shape index (κ2) is 6.03. The van der Waals surface area contributed by atoms with E-state index in [-0.39, 0.29) is 31.9 Å². The number of rotatable bonds is 2. The summed E-state index contributed by atoms with van der Waals surface area (Å²) in [5.41, 5.74) is 0. The van der Waals surface area contributed by atoms with Crippen LogP contribution in [0.5, 0.6) is 5.75 Å². The Labute approximate surface area is 91.0 Å². The molecule has 0 aromatic heterocycles. The molecule has 0 spiro atoms. The van der Waals surface area contributed by atoms with Crippen LogP contribution in [0.15, 0.2) is 30.3 Å². The summed E-state index contributed by atoms with van der Waals surface area (Å²) >= 11 is 0. The zero-order chi connectivity index (χ0) is 8.10. The third-order valence-corrected chi connectivity index (χ3v) is 1.26. The van der Waals surface area contributed by atoms with Crippen molar-refractivity contribution in [1.29, 1.82) is 0 Å². The summed E-state index contributed by atoms with van der Waals surface area (Å²) in [6.45, 7) is 1.77. The van der Waals surface area contributed by atoms with E-state index in [1.807, 2.05) is 18.2 Å². The molecule has 0 saturated carbocycles. The molecule has 62 valence electrons. The van der Waals surface area contributed by atoms with Gasteiger partial charge in [0.2, 0.25) is 0 Å². The predicted octanol–water partition coefficient (Wildman–Crippen LogP) is 1.85. The maximum Gasteiger partial charge on any atom is 2.00 e. The van der Waals surface area contributed by atoms with Crippen molar-refractivity contribution in [2.24, 2.45) is 0 Å². The van der Waals surface area contributed by atoms with Gasteiger partial charge in [-0.3, -0.25) is 4.79 Å². The summed E-state index contributed by atoms with van der Waals surface area (Å²) in [4.78, 5) is 10.8. The molecule has 0 aliphatic carbocycles. The zero-order valence-electron chi connectivity index (χ0n) is 9.12. The van der Waals surface area contributed by atoms with Crippen molar-refractivity contribution in [3.63, 3.8) is 0 Å².